The normalized spacial score (nSPS) is 17.5. The molecule has 0 spiro atoms. The van der Waals surface area contributed by atoms with Crippen LogP contribution in [0, 0.1) is 0 Å². The first kappa shape index (κ1) is 19.8. The van der Waals surface area contributed by atoms with Crippen LogP contribution in [-0.4, -0.2) is 38.5 Å². The van der Waals surface area contributed by atoms with Gasteiger partial charge in [0.2, 0.25) is 5.91 Å². The van der Waals surface area contributed by atoms with Crippen molar-refractivity contribution in [2.75, 3.05) is 13.1 Å². The third kappa shape index (κ3) is 4.21. The van der Waals surface area contributed by atoms with Crippen molar-refractivity contribution in [2.45, 2.75) is 28.9 Å². The van der Waals surface area contributed by atoms with E-state index in [1.165, 1.54) is 0 Å². The molecule has 1 saturated heterocycles. The second-order valence-corrected chi connectivity index (χ2v) is 9.01. The fourth-order valence-electron chi connectivity index (χ4n) is 4.22. The van der Waals surface area contributed by atoms with Crippen LogP contribution in [0.3, 0.4) is 0 Å². The van der Waals surface area contributed by atoms with Gasteiger partial charge in [0.1, 0.15) is 11.1 Å². The highest BCUT2D eigenvalue weighted by atomic mass is 32.2. The van der Waals surface area contributed by atoms with E-state index < -0.39 is 0 Å². The molecule has 3 heterocycles. The van der Waals surface area contributed by atoms with Gasteiger partial charge in [0, 0.05) is 30.1 Å². The maximum Gasteiger partial charge on any atom is 0.240 e. The lowest BCUT2D eigenvalue weighted by molar-refractivity contribution is -0.132. The summed E-state index contributed by atoms with van der Waals surface area (Å²) in [6, 6.07) is 26.2. The number of rotatable bonds is 5. The minimum Gasteiger partial charge on any atom is -0.341 e. The molecule has 0 aliphatic carbocycles. The number of hydrogen-bond acceptors (Lipinski definition) is 4. The highest BCUT2D eigenvalue weighted by Crippen LogP contribution is 2.38. The van der Waals surface area contributed by atoms with E-state index in [-0.39, 0.29) is 17.1 Å². The zero-order chi connectivity index (χ0) is 21.0. The molecule has 31 heavy (non-hydrogen) atoms. The van der Waals surface area contributed by atoms with Crippen molar-refractivity contribution in [2.24, 2.45) is 0 Å². The number of fused-ring (bicyclic) bond motifs is 1. The third-order valence-electron chi connectivity index (χ3n) is 5.76. The molecule has 5 nitrogen and oxygen atoms in total. The Kier molecular flexibility index (Phi) is 5.71. The largest absolute Gasteiger partial charge is 0.341 e. The predicted octanol–water partition coefficient (Wildman–Crippen LogP) is 4.97. The first-order valence-electron chi connectivity index (χ1n) is 10.6. The number of piperidine rings is 1. The second-order valence-electron chi connectivity index (χ2n) is 7.83. The number of likely N-dealkylation sites (tertiary alicyclic amines) is 1. The molecule has 1 amide bonds. The molecular weight excluding hydrogens is 404 g/mol. The number of aromatic nitrogens is 3. The highest BCUT2D eigenvalue weighted by molar-refractivity contribution is 8.00. The van der Waals surface area contributed by atoms with E-state index in [2.05, 4.69) is 22.3 Å². The maximum absolute atomic E-state index is 13.7. The van der Waals surface area contributed by atoms with Crippen LogP contribution in [0.25, 0.3) is 5.65 Å². The van der Waals surface area contributed by atoms with Crippen LogP contribution in [0.1, 0.15) is 35.4 Å². The van der Waals surface area contributed by atoms with Crippen LogP contribution >= 0.6 is 11.8 Å². The van der Waals surface area contributed by atoms with Crippen LogP contribution in [0.2, 0.25) is 0 Å². The lowest BCUT2D eigenvalue weighted by Crippen LogP contribution is -2.41. The minimum atomic E-state index is -0.266. The standard InChI is InChI=1S/C25H24N4OS/c30-25(23(19-10-3-1-4-11-19)31-21-13-5-2-6-14-21)28-16-9-12-20(18-28)24-27-26-22-15-7-8-17-29(22)24/h1-8,10-11,13-15,17,20,23H,9,12,16,18H2/t20-,23+/m0/s1. The summed E-state index contributed by atoms with van der Waals surface area (Å²) in [6.07, 6.45) is 3.99. The molecule has 4 aromatic rings. The van der Waals surface area contributed by atoms with Crippen molar-refractivity contribution < 1.29 is 4.79 Å². The van der Waals surface area contributed by atoms with E-state index in [9.17, 15) is 4.79 Å². The molecule has 6 heteroatoms. The Balaban J connectivity index is 1.40. The average molecular weight is 429 g/mol. The number of nitrogens with zero attached hydrogens (tertiary/aromatic N) is 4. The number of thioether (sulfide) groups is 1. The van der Waals surface area contributed by atoms with Gasteiger partial charge >= 0.3 is 0 Å². The number of pyridine rings is 1. The fourth-order valence-corrected chi connectivity index (χ4v) is 5.35. The molecule has 0 saturated carbocycles. The lowest BCUT2D eigenvalue weighted by Gasteiger charge is -2.34. The Morgan fingerprint density at radius 1 is 0.935 bits per heavy atom. The number of carbonyl (C=O) groups is 1. The fraction of sp³-hybridized carbons (Fsp3) is 0.240. The van der Waals surface area contributed by atoms with Crippen LogP contribution in [-0.2, 0) is 4.79 Å². The van der Waals surface area contributed by atoms with Gasteiger partial charge in [-0.1, -0.05) is 54.6 Å². The van der Waals surface area contributed by atoms with Crippen molar-refractivity contribution >= 4 is 23.3 Å². The van der Waals surface area contributed by atoms with Crippen LogP contribution < -0.4 is 0 Å². The van der Waals surface area contributed by atoms with E-state index in [1.807, 2.05) is 82.2 Å². The first-order valence-corrected chi connectivity index (χ1v) is 11.5. The van der Waals surface area contributed by atoms with Crippen LogP contribution in [0.15, 0.2) is 90.0 Å². The Labute approximate surface area is 186 Å². The number of benzene rings is 2. The highest BCUT2D eigenvalue weighted by Gasteiger charge is 2.32. The first-order chi connectivity index (χ1) is 15.3. The summed E-state index contributed by atoms with van der Waals surface area (Å²) in [5.74, 6) is 1.30. The molecule has 2 aromatic heterocycles. The SMILES string of the molecule is O=C([C@H](Sc1ccccc1)c1ccccc1)N1CCC[C@H](c2nnc3ccccn23)C1. The van der Waals surface area contributed by atoms with Gasteiger partial charge in [-0.25, -0.2) is 0 Å². The second kappa shape index (κ2) is 8.94. The van der Waals surface area contributed by atoms with Crippen LogP contribution in [0.5, 0.6) is 0 Å². The smallest absolute Gasteiger partial charge is 0.240 e. The Bertz CT molecular complexity index is 1160. The van der Waals surface area contributed by atoms with Crippen molar-refractivity contribution in [1.29, 1.82) is 0 Å². The predicted molar refractivity (Wildman–Crippen MR) is 123 cm³/mol. The van der Waals surface area contributed by atoms with E-state index >= 15 is 0 Å². The molecule has 156 valence electrons. The van der Waals surface area contributed by atoms with E-state index in [1.54, 1.807) is 11.8 Å². The Morgan fingerprint density at radius 3 is 2.48 bits per heavy atom. The summed E-state index contributed by atoms with van der Waals surface area (Å²) >= 11 is 1.62. The molecular formula is C25H24N4OS. The Hall–Kier alpha value is -3.12. The maximum atomic E-state index is 13.7. The lowest BCUT2D eigenvalue weighted by atomic mass is 9.96. The zero-order valence-electron chi connectivity index (χ0n) is 17.2. The van der Waals surface area contributed by atoms with Crippen LogP contribution in [0.4, 0.5) is 0 Å². The van der Waals surface area contributed by atoms with Gasteiger partial charge in [0.25, 0.3) is 0 Å². The quantitative estimate of drug-likeness (QED) is 0.421. The molecule has 0 unspecified atom stereocenters. The molecule has 1 aliphatic heterocycles. The molecule has 1 aliphatic rings. The molecule has 1 fully saturated rings. The molecule has 5 rings (SSSR count). The number of hydrogen-bond donors (Lipinski definition) is 0. The molecule has 0 N–H and O–H groups in total. The topological polar surface area (TPSA) is 50.5 Å². The Morgan fingerprint density at radius 2 is 1.68 bits per heavy atom. The van der Waals surface area contributed by atoms with E-state index in [4.69, 9.17) is 0 Å². The summed E-state index contributed by atoms with van der Waals surface area (Å²) < 4.78 is 2.05. The van der Waals surface area contributed by atoms with Gasteiger partial charge in [-0.3, -0.25) is 9.20 Å². The zero-order valence-corrected chi connectivity index (χ0v) is 18.0. The number of carbonyl (C=O) groups excluding carboxylic acids is 1. The molecule has 0 bridgehead atoms. The van der Waals surface area contributed by atoms with Gasteiger partial charge in [-0.2, -0.15) is 0 Å². The van der Waals surface area contributed by atoms with Gasteiger partial charge < -0.3 is 4.90 Å². The monoisotopic (exact) mass is 428 g/mol. The molecule has 2 atom stereocenters. The van der Waals surface area contributed by atoms with Crippen molar-refractivity contribution in [3.8, 4) is 0 Å². The van der Waals surface area contributed by atoms with Crippen molar-refractivity contribution in [3.05, 3.63) is 96.4 Å². The summed E-state index contributed by atoms with van der Waals surface area (Å²) in [6.45, 7) is 1.46. The van der Waals surface area contributed by atoms with Crippen molar-refractivity contribution in [3.63, 3.8) is 0 Å². The third-order valence-corrected chi connectivity index (χ3v) is 7.02. The summed E-state index contributed by atoms with van der Waals surface area (Å²) in [4.78, 5) is 16.9. The average Bonchev–Trinajstić information content (AvgIpc) is 3.28. The van der Waals surface area contributed by atoms with Gasteiger partial charge in [0.15, 0.2) is 5.65 Å². The summed E-state index contributed by atoms with van der Waals surface area (Å²) in [5.41, 5.74) is 1.89. The van der Waals surface area contributed by atoms with E-state index in [0.717, 1.165) is 41.3 Å². The summed E-state index contributed by atoms with van der Waals surface area (Å²) in [7, 11) is 0. The molecule has 2 aromatic carbocycles. The van der Waals surface area contributed by atoms with Gasteiger partial charge in [-0.05, 0) is 42.7 Å². The van der Waals surface area contributed by atoms with E-state index in [0.29, 0.717) is 6.54 Å². The summed E-state index contributed by atoms with van der Waals surface area (Å²) in [5, 5.41) is 8.49. The number of amides is 1. The van der Waals surface area contributed by atoms with Gasteiger partial charge in [-0.15, -0.1) is 22.0 Å². The molecule has 0 radical (unpaired) electrons. The van der Waals surface area contributed by atoms with Gasteiger partial charge in [0.05, 0.1) is 0 Å². The van der Waals surface area contributed by atoms with Crippen molar-refractivity contribution in [1.82, 2.24) is 19.5 Å². The minimum absolute atomic E-state index is 0.165.